The Hall–Kier alpha value is -3.42. The highest BCUT2D eigenvalue weighted by atomic mass is 16.4. The van der Waals surface area contributed by atoms with Gasteiger partial charge in [0.1, 0.15) is 5.75 Å². The Morgan fingerprint density at radius 1 is 0.864 bits per heavy atom. The van der Waals surface area contributed by atoms with Crippen LogP contribution in [0.3, 0.4) is 0 Å². The molecule has 0 unspecified atom stereocenters. The molecule has 0 saturated heterocycles. The molecular formula is C14H11NO7. The van der Waals surface area contributed by atoms with Gasteiger partial charge in [-0.25, -0.2) is 14.6 Å². The number of aromatic carboxylic acids is 3. The molecule has 1 aromatic carbocycles. The van der Waals surface area contributed by atoms with Crippen LogP contribution >= 0.6 is 0 Å². The number of aromatic nitrogens is 1. The zero-order chi connectivity index (χ0) is 16.7. The molecule has 0 aliphatic heterocycles. The van der Waals surface area contributed by atoms with Crippen LogP contribution in [0, 0.1) is 0 Å². The van der Waals surface area contributed by atoms with Crippen molar-refractivity contribution in [2.75, 3.05) is 0 Å². The summed E-state index contributed by atoms with van der Waals surface area (Å²) in [7, 11) is 0. The van der Waals surface area contributed by atoms with E-state index in [0.29, 0.717) is 5.75 Å². The number of nitrogens with one attached hydrogen (secondary N) is 1. The monoisotopic (exact) mass is 305 g/mol. The SMILES string of the molecule is O=C([O-])c1cc(C(=O)O)cc(C(=O)O)c1.Oc1cc[nH+]cc1. The topological polar surface area (TPSA) is 149 Å². The zero-order valence-electron chi connectivity index (χ0n) is 11.0. The maximum atomic E-state index is 10.5. The molecule has 0 aliphatic rings. The number of aromatic hydroxyl groups is 1. The van der Waals surface area contributed by atoms with E-state index in [1.165, 1.54) is 0 Å². The zero-order valence-corrected chi connectivity index (χ0v) is 11.0. The largest absolute Gasteiger partial charge is 0.545 e. The third-order valence-corrected chi connectivity index (χ3v) is 2.36. The van der Waals surface area contributed by atoms with Gasteiger partial charge in [-0.05, 0) is 23.8 Å². The Bertz CT molecular complexity index is 619. The van der Waals surface area contributed by atoms with Gasteiger partial charge in [0.25, 0.3) is 0 Å². The van der Waals surface area contributed by atoms with Gasteiger partial charge in [0, 0.05) is 12.1 Å². The minimum absolute atomic E-state index is 0.291. The van der Waals surface area contributed by atoms with Crippen LogP contribution in [0.4, 0.5) is 0 Å². The van der Waals surface area contributed by atoms with Crippen molar-refractivity contribution in [2.45, 2.75) is 0 Å². The molecule has 8 heteroatoms. The van der Waals surface area contributed by atoms with E-state index in [-0.39, 0.29) is 0 Å². The van der Waals surface area contributed by atoms with Crippen molar-refractivity contribution in [1.29, 1.82) is 0 Å². The minimum Gasteiger partial charge on any atom is -0.545 e. The Kier molecular flexibility index (Phi) is 5.58. The van der Waals surface area contributed by atoms with Crippen LogP contribution < -0.4 is 10.1 Å². The fraction of sp³-hybridized carbons (Fsp3) is 0. The van der Waals surface area contributed by atoms with Gasteiger partial charge in [0.05, 0.1) is 17.1 Å². The molecule has 0 fully saturated rings. The van der Waals surface area contributed by atoms with Crippen molar-refractivity contribution in [2.24, 2.45) is 0 Å². The van der Waals surface area contributed by atoms with Crippen LogP contribution in [0.1, 0.15) is 31.1 Å². The molecule has 0 bridgehead atoms. The standard InChI is InChI=1S/C9H6O6.C5H5NO/c10-7(11)4-1-5(8(12)13)3-6(2-4)9(14)15;7-5-1-3-6-4-2-5/h1-3H,(H,10,11)(H,12,13)(H,14,15);1-4H,(H,6,7). The van der Waals surface area contributed by atoms with Gasteiger partial charge in [-0.3, -0.25) is 0 Å². The van der Waals surface area contributed by atoms with Gasteiger partial charge in [0.2, 0.25) is 0 Å². The number of H-pyrrole nitrogens is 1. The summed E-state index contributed by atoms with van der Waals surface area (Å²) in [6.07, 6.45) is 3.32. The van der Waals surface area contributed by atoms with E-state index in [1.54, 1.807) is 24.5 Å². The smallest absolute Gasteiger partial charge is 0.335 e. The summed E-state index contributed by atoms with van der Waals surface area (Å²) in [6, 6.07) is 5.71. The van der Waals surface area contributed by atoms with Crippen LogP contribution in [-0.4, -0.2) is 33.2 Å². The first-order valence-electron chi connectivity index (χ1n) is 5.79. The lowest BCUT2D eigenvalue weighted by atomic mass is 10.1. The highest BCUT2D eigenvalue weighted by molar-refractivity contribution is 5.98. The minimum atomic E-state index is -1.62. The van der Waals surface area contributed by atoms with Gasteiger partial charge >= 0.3 is 11.9 Å². The molecule has 1 heterocycles. The Morgan fingerprint density at radius 2 is 1.27 bits per heavy atom. The molecule has 114 valence electrons. The van der Waals surface area contributed by atoms with E-state index >= 15 is 0 Å². The number of hydrogen-bond acceptors (Lipinski definition) is 5. The Morgan fingerprint density at radius 3 is 1.55 bits per heavy atom. The van der Waals surface area contributed by atoms with Gasteiger partial charge < -0.3 is 25.2 Å². The number of rotatable bonds is 3. The molecule has 22 heavy (non-hydrogen) atoms. The molecule has 4 N–H and O–H groups in total. The molecule has 0 amide bonds. The van der Waals surface area contributed by atoms with E-state index < -0.39 is 34.6 Å². The predicted octanol–water partition coefficient (Wildman–Crippen LogP) is -0.347. The predicted molar refractivity (Wildman–Crippen MR) is 69.4 cm³/mol. The van der Waals surface area contributed by atoms with Crippen LogP contribution in [-0.2, 0) is 0 Å². The van der Waals surface area contributed by atoms with Crippen molar-refractivity contribution in [1.82, 2.24) is 0 Å². The average Bonchev–Trinajstić information content (AvgIpc) is 2.48. The highest BCUT2D eigenvalue weighted by Gasteiger charge is 2.11. The lowest BCUT2D eigenvalue weighted by Crippen LogP contribution is -2.23. The number of carboxylic acid groups (broad SMARTS) is 3. The second-order valence-electron chi connectivity index (χ2n) is 3.95. The summed E-state index contributed by atoms with van der Waals surface area (Å²) in [6.45, 7) is 0. The van der Waals surface area contributed by atoms with Crippen molar-refractivity contribution < 1.29 is 39.8 Å². The molecule has 1 aromatic heterocycles. The molecular weight excluding hydrogens is 294 g/mol. The van der Waals surface area contributed by atoms with Crippen molar-refractivity contribution in [3.63, 3.8) is 0 Å². The third-order valence-electron chi connectivity index (χ3n) is 2.36. The second-order valence-corrected chi connectivity index (χ2v) is 3.95. The third kappa shape index (κ3) is 4.93. The molecule has 0 atom stereocenters. The van der Waals surface area contributed by atoms with Gasteiger partial charge in [0.15, 0.2) is 12.4 Å². The molecule has 0 radical (unpaired) electrons. The summed E-state index contributed by atoms with van der Waals surface area (Å²) in [4.78, 5) is 34.3. The van der Waals surface area contributed by atoms with Gasteiger partial charge in [-0.15, -0.1) is 0 Å². The molecule has 2 rings (SSSR count). The van der Waals surface area contributed by atoms with E-state index in [4.69, 9.17) is 15.3 Å². The molecule has 8 nitrogen and oxygen atoms in total. The summed E-state index contributed by atoms with van der Waals surface area (Å²) >= 11 is 0. The fourth-order valence-electron chi connectivity index (χ4n) is 1.37. The second kappa shape index (κ2) is 7.39. The maximum Gasteiger partial charge on any atom is 0.335 e. The van der Waals surface area contributed by atoms with Crippen molar-refractivity contribution in [3.8, 4) is 5.75 Å². The normalized spacial score (nSPS) is 9.27. The van der Waals surface area contributed by atoms with Crippen molar-refractivity contribution >= 4 is 17.9 Å². The molecule has 0 aliphatic carbocycles. The number of benzene rings is 1. The van der Waals surface area contributed by atoms with Crippen molar-refractivity contribution in [3.05, 3.63) is 59.4 Å². The lowest BCUT2D eigenvalue weighted by molar-refractivity contribution is -0.378. The number of pyridine rings is 1. The quantitative estimate of drug-likeness (QED) is 0.701. The number of carbonyl (C=O) groups is 3. The van der Waals surface area contributed by atoms with Crippen LogP contribution in [0.25, 0.3) is 0 Å². The number of carboxylic acids is 3. The highest BCUT2D eigenvalue weighted by Crippen LogP contribution is 2.10. The van der Waals surface area contributed by atoms with Gasteiger partial charge in [-0.2, -0.15) is 0 Å². The molecule has 0 saturated carbocycles. The summed E-state index contributed by atoms with van der Waals surface area (Å²) in [5, 5.41) is 36.2. The number of hydrogen-bond donors (Lipinski definition) is 3. The van der Waals surface area contributed by atoms with Crippen LogP contribution in [0.5, 0.6) is 5.75 Å². The summed E-state index contributed by atoms with van der Waals surface area (Å²) in [5.74, 6) is -4.14. The van der Waals surface area contributed by atoms with E-state index in [2.05, 4.69) is 4.98 Å². The Balaban J connectivity index is 0.000000287. The molecule has 0 spiro atoms. The maximum absolute atomic E-state index is 10.5. The van der Waals surface area contributed by atoms with E-state index in [0.717, 1.165) is 18.2 Å². The van der Waals surface area contributed by atoms with Gasteiger partial charge in [-0.1, -0.05) is 0 Å². The summed E-state index contributed by atoms with van der Waals surface area (Å²) < 4.78 is 0. The average molecular weight is 305 g/mol. The fourth-order valence-corrected chi connectivity index (χ4v) is 1.37. The first-order valence-corrected chi connectivity index (χ1v) is 5.79. The Labute approximate surface area is 123 Å². The summed E-state index contributed by atoms with van der Waals surface area (Å²) in [5.41, 5.74) is -1.30. The first kappa shape index (κ1) is 16.6. The van der Waals surface area contributed by atoms with E-state index in [9.17, 15) is 19.5 Å². The lowest BCUT2D eigenvalue weighted by Gasteiger charge is -2.05. The first-order chi connectivity index (χ1) is 10.3. The van der Waals surface area contributed by atoms with E-state index in [1.807, 2.05) is 0 Å². The van der Waals surface area contributed by atoms with Crippen LogP contribution in [0.2, 0.25) is 0 Å². The van der Waals surface area contributed by atoms with Crippen LogP contribution in [0.15, 0.2) is 42.7 Å². The number of aromatic amines is 1. The molecule has 2 aromatic rings. The number of carbonyl (C=O) groups excluding carboxylic acids is 1.